The average molecular weight is 294 g/mol. The fraction of sp³-hybridized carbons (Fsp3) is 0.143. The van der Waals surface area contributed by atoms with Gasteiger partial charge in [-0.15, -0.1) is 11.8 Å². The quantitative estimate of drug-likeness (QED) is 0.685. The van der Waals surface area contributed by atoms with Gasteiger partial charge in [-0.1, -0.05) is 11.6 Å². The minimum absolute atomic E-state index is 0.0258. The summed E-state index contributed by atoms with van der Waals surface area (Å²) in [6.45, 7) is 1.50. The molecule has 0 atom stereocenters. The van der Waals surface area contributed by atoms with E-state index in [0.29, 0.717) is 26.9 Å². The number of halogens is 1. The van der Waals surface area contributed by atoms with Gasteiger partial charge in [-0.05, 0) is 37.3 Å². The summed E-state index contributed by atoms with van der Waals surface area (Å²) in [7, 11) is 0. The van der Waals surface area contributed by atoms with Crippen LogP contribution < -0.4 is 0 Å². The van der Waals surface area contributed by atoms with E-state index in [2.05, 4.69) is 4.98 Å². The summed E-state index contributed by atoms with van der Waals surface area (Å²) in [4.78, 5) is 15.5. The Balaban J connectivity index is 2.17. The lowest BCUT2D eigenvalue weighted by molar-refractivity contribution is 0.101. The first-order valence-corrected chi connectivity index (χ1v) is 7.00. The van der Waals surface area contributed by atoms with Crippen molar-refractivity contribution in [2.24, 2.45) is 0 Å². The molecule has 0 aliphatic rings. The highest BCUT2D eigenvalue weighted by molar-refractivity contribution is 7.98. The Morgan fingerprint density at radius 3 is 2.89 bits per heavy atom. The molecule has 0 aliphatic carbocycles. The van der Waals surface area contributed by atoms with E-state index in [1.54, 1.807) is 30.5 Å². The van der Waals surface area contributed by atoms with Gasteiger partial charge in [0.05, 0.1) is 5.02 Å². The zero-order valence-corrected chi connectivity index (χ0v) is 11.8. The highest BCUT2D eigenvalue weighted by Gasteiger charge is 2.08. The molecule has 2 aromatic rings. The van der Waals surface area contributed by atoms with Crippen LogP contribution in [0.4, 0.5) is 0 Å². The summed E-state index contributed by atoms with van der Waals surface area (Å²) >= 11 is 7.43. The molecule has 3 nitrogen and oxygen atoms in total. The summed E-state index contributed by atoms with van der Waals surface area (Å²) in [5.74, 6) is 0.649. The maximum absolute atomic E-state index is 11.3. The molecule has 1 aromatic carbocycles. The maximum atomic E-state index is 11.3. The predicted octanol–water partition coefficient (Wildman–Crippen LogP) is 3.94. The second kappa shape index (κ2) is 6.08. The van der Waals surface area contributed by atoms with Crippen LogP contribution in [0.15, 0.2) is 41.6 Å². The molecule has 0 aliphatic heterocycles. The Hall–Kier alpha value is -1.52. The first-order valence-electron chi connectivity index (χ1n) is 5.64. The molecular formula is C14H12ClNO2S. The first-order chi connectivity index (χ1) is 9.08. The van der Waals surface area contributed by atoms with E-state index in [9.17, 15) is 9.90 Å². The van der Waals surface area contributed by atoms with Crippen LogP contribution in [0, 0.1) is 0 Å². The van der Waals surface area contributed by atoms with Gasteiger partial charge < -0.3 is 5.11 Å². The van der Waals surface area contributed by atoms with Crippen LogP contribution >= 0.6 is 23.4 Å². The first kappa shape index (κ1) is 13.9. The van der Waals surface area contributed by atoms with Gasteiger partial charge >= 0.3 is 0 Å². The third kappa shape index (κ3) is 3.49. The number of phenolic OH excluding ortho intramolecular Hbond substituents is 1. The molecule has 1 heterocycles. The van der Waals surface area contributed by atoms with Crippen LogP contribution in [0.5, 0.6) is 5.75 Å². The van der Waals surface area contributed by atoms with Gasteiger partial charge in [0.25, 0.3) is 0 Å². The van der Waals surface area contributed by atoms with E-state index >= 15 is 0 Å². The van der Waals surface area contributed by atoms with Crippen LogP contribution in [-0.4, -0.2) is 15.9 Å². The second-order valence-electron chi connectivity index (χ2n) is 3.98. The van der Waals surface area contributed by atoms with Crippen molar-refractivity contribution < 1.29 is 9.90 Å². The number of rotatable bonds is 4. The van der Waals surface area contributed by atoms with Crippen molar-refractivity contribution in [3.63, 3.8) is 0 Å². The van der Waals surface area contributed by atoms with Crippen molar-refractivity contribution >= 4 is 29.1 Å². The largest absolute Gasteiger partial charge is 0.508 e. The zero-order chi connectivity index (χ0) is 13.8. The monoisotopic (exact) mass is 293 g/mol. The molecule has 5 heteroatoms. The molecule has 1 aromatic heterocycles. The van der Waals surface area contributed by atoms with Crippen molar-refractivity contribution in [1.82, 2.24) is 4.98 Å². The number of benzene rings is 1. The third-order valence-electron chi connectivity index (χ3n) is 2.58. The van der Waals surface area contributed by atoms with Gasteiger partial charge in [0, 0.05) is 23.1 Å². The molecule has 1 N–H and O–H groups in total. The number of pyridine rings is 1. The van der Waals surface area contributed by atoms with Crippen LogP contribution in [-0.2, 0) is 5.75 Å². The number of nitrogens with zero attached hydrogens (tertiary/aromatic N) is 1. The number of aromatic nitrogens is 1. The van der Waals surface area contributed by atoms with Gasteiger partial charge in [0.1, 0.15) is 10.8 Å². The minimum Gasteiger partial charge on any atom is -0.508 e. The minimum atomic E-state index is -0.0258. The number of hydrogen-bond acceptors (Lipinski definition) is 4. The summed E-state index contributed by atoms with van der Waals surface area (Å²) in [5, 5.41) is 11.1. The highest BCUT2D eigenvalue weighted by atomic mass is 35.5. The standard InChI is InChI=1S/C14H12ClNO2S/c1-9(17)10-4-5-13(18)11(7-10)8-19-14-12(15)3-2-6-16-14/h2-7,18H,8H2,1H3. The normalized spacial score (nSPS) is 10.4. The topological polar surface area (TPSA) is 50.2 Å². The molecule has 2 rings (SSSR count). The van der Waals surface area contributed by atoms with Crippen molar-refractivity contribution in [1.29, 1.82) is 0 Å². The molecule has 0 unspecified atom stereocenters. The number of aromatic hydroxyl groups is 1. The summed E-state index contributed by atoms with van der Waals surface area (Å²) in [6.07, 6.45) is 1.67. The van der Waals surface area contributed by atoms with E-state index < -0.39 is 0 Å². The zero-order valence-electron chi connectivity index (χ0n) is 10.3. The molecular weight excluding hydrogens is 282 g/mol. The lowest BCUT2D eigenvalue weighted by Gasteiger charge is -2.06. The van der Waals surface area contributed by atoms with Crippen molar-refractivity contribution in [2.45, 2.75) is 17.7 Å². The maximum Gasteiger partial charge on any atom is 0.159 e. The van der Waals surface area contributed by atoms with Crippen molar-refractivity contribution in [3.05, 3.63) is 52.7 Å². The van der Waals surface area contributed by atoms with Crippen LogP contribution in [0.25, 0.3) is 0 Å². The van der Waals surface area contributed by atoms with Crippen molar-refractivity contribution in [2.75, 3.05) is 0 Å². The number of phenols is 1. The van der Waals surface area contributed by atoms with Crippen LogP contribution in [0.2, 0.25) is 5.02 Å². The van der Waals surface area contributed by atoms with Crippen LogP contribution in [0.3, 0.4) is 0 Å². The smallest absolute Gasteiger partial charge is 0.159 e. The van der Waals surface area contributed by atoms with E-state index in [4.69, 9.17) is 11.6 Å². The third-order valence-corrected chi connectivity index (χ3v) is 4.05. The molecule has 0 spiro atoms. The summed E-state index contributed by atoms with van der Waals surface area (Å²) in [6, 6.07) is 8.37. The average Bonchev–Trinajstić information content (AvgIpc) is 2.39. The molecule has 0 amide bonds. The number of thioether (sulfide) groups is 1. The van der Waals surface area contributed by atoms with Crippen LogP contribution in [0.1, 0.15) is 22.8 Å². The fourth-order valence-electron chi connectivity index (χ4n) is 1.54. The molecule has 0 fully saturated rings. The Morgan fingerprint density at radius 1 is 1.42 bits per heavy atom. The van der Waals surface area contributed by atoms with Crippen molar-refractivity contribution in [3.8, 4) is 5.75 Å². The Bertz CT molecular complexity index is 616. The van der Waals surface area contributed by atoms with Gasteiger partial charge in [0.15, 0.2) is 5.78 Å². The van der Waals surface area contributed by atoms with E-state index in [-0.39, 0.29) is 11.5 Å². The molecule has 0 saturated carbocycles. The SMILES string of the molecule is CC(=O)c1ccc(O)c(CSc2ncccc2Cl)c1. The Labute approximate surface area is 120 Å². The molecule has 19 heavy (non-hydrogen) atoms. The number of carbonyl (C=O) groups excluding carboxylic acids is 1. The lowest BCUT2D eigenvalue weighted by atomic mass is 10.1. The number of hydrogen-bond donors (Lipinski definition) is 1. The second-order valence-corrected chi connectivity index (χ2v) is 5.35. The summed E-state index contributed by atoms with van der Waals surface area (Å²) in [5.41, 5.74) is 1.28. The molecule has 0 bridgehead atoms. The molecule has 0 radical (unpaired) electrons. The van der Waals surface area contributed by atoms with Gasteiger partial charge in [0.2, 0.25) is 0 Å². The summed E-state index contributed by atoms with van der Waals surface area (Å²) < 4.78 is 0. The number of ketones is 1. The van der Waals surface area contributed by atoms with Gasteiger partial charge in [-0.3, -0.25) is 4.79 Å². The van der Waals surface area contributed by atoms with E-state index in [0.717, 1.165) is 0 Å². The fourth-order valence-corrected chi connectivity index (χ4v) is 2.69. The van der Waals surface area contributed by atoms with E-state index in [1.165, 1.54) is 24.8 Å². The number of carbonyl (C=O) groups is 1. The molecule has 98 valence electrons. The van der Waals surface area contributed by atoms with E-state index in [1.807, 2.05) is 0 Å². The van der Waals surface area contributed by atoms with Gasteiger partial charge in [-0.2, -0.15) is 0 Å². The molecule has 0 saturated heterocycles. The Morgan fingerprint density at radius 2 is 2.21 bits per heavy atom. The number of Topliss-reactive ketones (excluding diaryl/α,β-unsaturated/α-hetero) is 1. The highest BCUT2D eigenvalue weighted by Crippen LogP contribution is 2.30. The van der Waals surface area contributed by atoms with Gasteiger partial charge in [-0.25, -0.2) is 4.98 Å². The predicted molar refractivity (Wildman–Crippen MR) is 76.9 cm³/mol. The lowest BCUT2D eigenvalue weighted by Crippen LogP contribution is -1.94. The Kier molecular flexibility index (Phi) is 4.45.